The molecule has 0 unspecified atom stereocenters. The predicted molar refractivity (Wildman–Crippen MR) is 107 cm³/mol. The van der Waals surface area contributed by atoms with E-state index in [9.17, 15) is 9.90 Å². The molecule has 3 heterocycles. The number of hydrogen-bond donors (Lipinski definition) is 2. The second-order valence-corrected chi connectivity index (χ2v) is 6.33. The van der Waals surface area contributed by atoms with Gasteiger partial charge in [-0.2, -0.15) is 9.50 Å². The number of nitrogens with one attached hydrogen (secondary N) is 1. The number of anilines is 2. The van der Waals surface area contributed by atoms with E-state index in [4.69, 9.17) is 4.74 Å². The van der Waals surface area contributed by atoms with Gasteiger partial charge in [-0.05, 0) is 43.3 Å². The molecule has 0 aliphatic rings. The minimum absolute atomic E-state index is 0.112. The van der Waals surface area contributed by atoms with Crippen LogP contribution in [0.2, 0.25) is 0 Å². The van der Waals surface area contributed by atoms with Crippen LogP contribution in [-0.4, -0.2) is 42.8 Å². The Kier molecular flexibility index (Phi) is 5.12. The number of esters is 1. The van der Waals surface area contributed by atoms with Gasteiger partial charge in [0.25, 0.3) is 5.78 Å². The number of nitrogens with zero attached hydrogens (tertiary/aromatic N) is 5. The van der Waals surface area contributed by atoms with Crippen LogP contribution in [-0.2, 0) is 16.0 Å². The number of rotatable bonds is 6. The van der Waals surface area contributed by atoms with Crippen molar-refractivity contribution < 1.29 is 19.4 Å². The molecule has 0 fully saturated rings. The first-order valence-corrected chi connectivity index (χ1v) is 9.00. The third-order valence-corrected chi connectivity index (χ3v) is 4.31. The van der Waals surface area contributed by atoms with E-state index in [1.807, 2.05) is 12.1 Å². The Bertz CT molecular complexity index is 1190. The highest BCUT2D eigenvalue weighted by molar-refractivity contribution is 5.73. The molecule has 152 valence electrons. The van der Waals surface area contributed by atoms with Crippen molar-refractivity contribution in [1.82, 2.24) is 24.6 Å². The Labute approximate surface area is 171 Å². The van der Waals surface area contributed by atoms with Crippen molar-refractivity contribution in [2.24, 2.45) is 0 Å². The van der Waals surface area contributed by atoms with Crippen LogP contribution in [0.1, 0.15) is 11.3 Å². The van der Waals surface area contributed by atoms with E-state index < -0.39 is 5.97 Å². The number of benzene rings is 1. The molecular formula is C20H18N6O4. The molecular weight excluding hydrogens is 388 g/mol. The largest absolute Gasteiger partial charge is 0.493 e. The average molecular weight is 406 g/mol. The molecule has 2 N–H and O–H groups in total. The zero-order valence-electron chi connectivity index (χ0n) is 16.2. The third kappa shape index (κ3) is 3.97. The summed E-state index contributed by atoms with van der Waals surface area (Å²) in [5.41, 5.74) is 1.53. The summed E-state index contributed by atoms with van der Waals surface area (Å²) in [7, 11) is 1.28. The zero-order chi connectivity index (χ0) is 21.1. The summed E-state index contributed by atoms with van der Waals surface area (Å²) >= 11 is 0. The van der Waals surface area contributed by atoms with E-state index in [2.05, 4.69) is 30.1 Å². The van der Waals surface area contributed by atoms with Crippen LogP contribution in [0.15, 0.2) is 48.8 Å². The highest BCUT2D eigenvalue weighted by Gasteiger charge is 2.18. The van der Waals surface area contributed by atoms with Gasteiger partial charge in [0.05, 0.1) is 19.2 Å². The molecule has 10 heteroatoms. The Morgan fingerprint density at radius 2 is 1.80 bits per heavy atom. The van der Waals surface area contributed by atoms with Crippen molar-refractivity contribution in [3.8, 4) is 17.4 Å². The molecule has 0 aliphatic carbocycles. The first kappa shape index (κ1) is 19.1. The summed E-state index contributed by atoms with van der Waals surface area (Å²) in [5.74, 6) is 1.12. The maximum Gasteiger partial charge on any atom is 0.310 e. The topological polar surface area (TPSA) is 124 Å². The van der Waals surface area contributed by atoms with Gasteiger partial charge in [0, 0.05) is 23.6 Å². The lowest BCUT2D eigenvalue weighted by atomic mass is 10.1. The van der Waals surface area contributed by atoms with Gasteiger partial charge in [-0.15, -0.1) is 5.10 Å². The van der Waals surface area contributed by atoms with Gasteiger partial charge in [-0.25, -0.2) is 4.98 Å². The summed E-state index contributed by atoms with van der Waals surface area (Å²) in [4.78, 5) is 24.1. The molecule has 4 rings (SSSR count). The summed E-state index contributed by atoms with van der Waals surface area (Å²) in [5, 5.41) is 17.8. The average Bonchev–Trinajstić information content (AvgIpc) is 3.15. The predicted octanol–water partition coefficient (Wildman–Crippen LogP) is 2.78. The van der Waals surface area contributed by atoms with Crippen LogP contribution in [0.25, 0.3) is 5.78 Å². The second kappa shape index (κ2) is 8.03. The minimum Gasteiger partial charge on any atom is -0.493 e. The number of carbonyl (C=O) groups is 1. The van der Waals surface area contributed by atoms with Crippen molar-refractivity contribution in [3.05, 3.63) is 60.0 Å². The van der Waals surface area contributed by atoms with Crippen molar-refractivity contribution in [2.75, 3.05) is 12.4 Å². The van der Waals surface area contributed by atoms with Crippen molar-refractivity contribution >= 4 is 23.4 Å². The van der Waals surface area contributed by atoms with E-state index in [1.54, 1.807) is 43.6 Å². The molecule has 0 saturated carbocycles. The van der Waals surface area contributed by atoms with Gasteiger partial charge in [0.15, 0.2) is 0 Å². The molecule has 0 radical (unpaired) electrons. The number of fused-ring (bicyclic) bond motifs is 1. The van der Waals surface area contributed by atoms with E-state index in [0.29, 0.717) is 22.8 Å². The molecule has 0 saturated heterocycles. The molecule has 0 aliphatic heterocycles. The number of ether oxygens (including phenoxy) is 2. The van der Waals surface area contributed by atoms with E-state index in [0.717, 1.165) is 5.69 Å². The molecule has 0 bridgehead atoms. The number of aryl methyl sites for hydroxylation is 1. The quantitative estimate of drug-likeness (QED) is 0.465. The molecule has 0 atom stereocenters. The second-order valence-electron chi connectivity index (χ2n) is 6.33. The number of aromatic nitrogens is 5. The van der Waals surface area contributed by atoms with Gasteiger partial charge >= 0.3 is 5.97 Å². The monoisotopic (exact) mass is 406 g/mol. The Hall–Kier alpha value is -4.21. The van der Waals surface area contributed by atoms with E-state index in [1.165, 1.54) is 11.6 Å². The van der Waals surface area contributed by atoms with Crippen molar-refractivity contribution in [3.63, 3.8) is 0 Å². The van der Waals surface area contributed by atoms with Gasteiger partial charge in [-0.3, -0.25) is 9.78 Å². The molecule has 0 spiro atoms. The fourth-order valence-electron chi connectivity index (χ4n) is 2.78. The number of methoxy groups -OCH3 is 1. The van der Waals surface area contributed by atoms with Crippen LogP contribution in [0.3, 0.4) is 0 Å². The fraction of sp³-hybridized carbons (Fsp3) is 0.150. The van der Waals surface area contributed by atoms with Crippen LogP contribution >= 0.6 is 0 Å². The lowest BCUT2D eigenvalue weighted by Crippen LogP contribution is -2.09. The van der Waals surface area contributed by atoms with E-state index >= 15 is 0 Å². The first-order chi connectivity index (χ1) is 14.5. The number of carbonyl (C=O) groups excluding carboxylic acids is 1. The van der Waals surface area contributed by atoms with Gasteiger partial charge in [0.2, 0.25) is 11.8 Å². The van der Waals surface area contributed by atoms with Crippen LogP contribution in [0.5, 0.6) is 17.4 Å². The molecule has 4 aromatic rings. The SMILES string of the molecule is COC(=O)Cc1c(C)nc2nc(Nc3ccc(Oc4ccncc4)cc3)nn2c1O. The first-order valence-electron chi connectivity index (χ1n) is 9.00. The summed E-state index contributed by atoms with van der Waals surface area (Å²) in [6.45, 7) is 1.68. The molecule has 3 aromatic heterocycles. The smallest absolute Gasteiger partial charge is 0.310 e. The van der Waals surface area contributed by atoms with Crippen molar-refractivity contribution in [2.45, 2.75) is 13.3 Å². The van der Waals surface area contributed by atoms with Crippen LogP contribution in [0.4, 0.5) is 11.6 Å². The third-order valence-electron chi connectivity index (χ3n) is 4.31. The van der Waals surface area contributed by atoms with Crippen LogP contribution < -0.4 is 10.1 Å². The summed E-state index contributed by atoms with van der Waals surface area (Å²) in [6, 6.07) is 10.7. The maximum atomic E-state index is 11.6. The van der Waals surface area contributed by atoms with Gasteiger partial charge in [0.1, 0.15) is 11.5 Å². The van der Waals surface area contributed by atoms with Crippen LogP contribution in [0, 0.1) is 6.92 Å². The number of aromatic hydroxyl groups is 1. The normalized spacial score (nSPS) is 10.7. The Balaban J connectivity index is 1.54. The van der Waals surface area contributed by atoms with Crippen molar-refractivity contribution in [1.29, 1.82) is 0 Å². The lowest BCUT2D eigenvalue weighted by Gasteiger charge is -2.07. The maximum absolute atomic E-state index is 11.6. The highest BCUT2D eigenvalue weighted by Crippen LogP contribution is 2.25. The fourth-order valence-corrected chi connectivity index (χ4v) is 2.78. The van der Waals surface area contributed by atoms with Gasteiger partial charge in [-0.1, -0.05) is 0 Å². The summed E-state index contributed by atoms with van der Waals surface area (Å²) < 4.78 is 11.6. The molecule has 30 heavy (non-hydrogen) atoms. The molecule has 10 nitrogen and oxygen atoms in total. The number of hydrogen-bond acceptors (Lipinski definition) is 9. The molecule has 1 aromatic carbocycles. The lowest BCUT2D eigenvalue weighted by molar-refractivity contribution is -0.139. The highest BCUT2D eigenvalue weighted by atomic mass is 16.5. The zero-order valence-corrected chi connectivity index (χ0v) is 16.2. The summed E-state index contributed by atoms with van der Waals surface area (Å²) in [6.07, 6.45) is 3.20. The van der Waals surface area contributed by atoms with E-state index in [-0.39, 0.29) is 24.0 Å². The standard InChI is InChI=1S/C20H18N6O4/c1-12-16(11-17(27)29-2)18(28)26-20(22-12)24-19(25-26)23-13-3-5-14(6-4-13)30-15-7-9-21-10-8-15/h3-10,28H,11H2,1-2H3,(H,23,25). The number of pyridine rings is 1. The molecule has 0 amide bonds. The minimum atomic E-state index is -0.484. The Morgan fingerprint density at radius 3 is 2.50 bits per heavy atom. The van der Waals surface area contributed by atoms with Gasteiger partial charge < -0.3 is 19.9 Å². The Morgan fingerprint density at radius 1 is 1.10 bits per heavy atom.